The maximum Gasteiger partial charge on any atom is 0.303 e. The topological polar surface area (TPSA) is 81.5 Å². The smallest absolute Gasteiger partial charge is 0.303 e. The molecule has 1 rings (SSSR count). The van der Waals surface area contributed by atoms with Gasteiger partial charge >= 0.3 is 5.97 Å². The highest BCUT2D eigenvalue weighted by molar-refractivity contribution is 5.66. The van der Waals surface area contributed by atoms with E-state index in [1.807, 2.05) is 0 Å². The number of nitrogens with zero attached hydrogens (tertiary/aromatic N) is 1. The number of nitrogens with one attached hydrogen (secondary N) is 1. The second kappa shape index (κ2) is 6.70. The maximum absolute atomic E-state index is 11.0. The number of non-ortho nitro benzene ring substituents is 1. The van der Waals surface area contributed by atoms with Crippen LogP contribution in [-0.4, -0.2) is 24.5 Å². The minimum Gasteiger partial charge on any atom is -0.458 e. The van der Waals surface area contributed by atoms with E-state index in [0.717, 1.165) is 5.56 Å². The monoisotopic (exact) mass is 252 g/mol. The summed E-state index contributed by atoms with van der Waals surface area (Å²) in [7, 11) is 1.81. The first kappa shape index (κ1) is 14.1. The van der Waals surface area contributed by atoms with E-state index in [-0.39, 0.29) is 17.8 Å². The molecule has 0 spiro atoms. The Balaban J connectivity index is 2.83. The molecule has 1 aromatic carbocycles. The normalized spacial score (nSPS) is 11.9. The van der Waals surface area contributed by atoms with Gasteiger partial charge in [0.15, 0.2) is 0 Å². The van der Waals surface area contributed by atoms with Crippen LogP contribution in [-0.2, 0) is 9.53 Å². The summed E-state index contributed by atoms with van der Waals surface area (Å²) in [6.07, 6.45) is 0.240. The summed E-state index contributed by atoms with van der Waals surface area (Å²) in [5, 5.41) is 13.5. The molecule has 0 amide bonds. The van der Waals surface area contributed by atoms with Crippen molar-refractivity contribution in [3.63, 3.8) is 0 Å². The quantitative estimate of drug-likeness (QED) is 0.474. The number of nitro benzene ring substituents is 1. The fourth-order valence-electron chi connectivity index (χ4n) is 1.58. The van der Waals surface area contributed by atoms with Gasteiger partial charge in [0.1, 0.15) is 6.10 Å². The van der Waals surface area contributed by atoms with Gasteiger partial charge in [-0.25, -0.2) is 0 Å². The number of hydrogen-bond donors (Lipinski definition) is 1. The summed E-state index contributed by atoms with van der Waals surface area (Å²) in [6, 6.07) is 6.04. The predicted molar refractivity (Wildman–Crippen MR) is 66.1 cm³/mol. The van der Waals surface area contributed by atoms with Gasteiger partial charge in [0.2, 0.25) is 0 Å². The summed E-state index contributed by atoms with van der Waals surface area (Å²) < 4.78 is 5.19. The number of carbonyl (C=O) groups is 1. The van der Waals surface area contributed by atoms with Crippen LogP contribution in [0.5, 0.6) is 0 Å². The number of ether oxygens (including phenoxy) is 1. The molecule has 1 atom stereocenters. The SMILES string of the molecule is CNCC[C@H](OC(C)=O)c1ccc([N+](=O)[O-])cc1. The summed E-state index contributed by atoms with van der Waals surface area (Å²) in [4.78, 5) is 21.1. The van der Waals surface area contributed by atoms with Crippen LogP contribution in [0.4, 0.5) is 5.69 Å². The van der Waals surface area contributed by atoms with Crippen LogP contribution in [0.25, 0.3) is 0 Å². The molecule has 1 aromatic rings. The minimum atomic E-state index is -0.460. The Labute approximate surface area is 105 Å². The van der Waals surface area contributed by atoms with Gasteiger partial charge in [-0.1, -0.05) is 0 Å². The molecule has 98 valence electrons. The number of carbonyl (C=O) groups excluding carboxylic acids is 1. The summed E-state index contributed by atoms with van der Waals surface area (Å²) in [5.41, 5.74) is 0.778. The van der Waals surface area contributed by atoms with Crippen molar-refractivity contribution in [3.05, 3.63) is 39.9 Å². The molecule has 0 radical (unpaired) electrons. The maximum atomic E-state index is 11.0. The summed E-state index contributed by atoms with van der Waals surface area (Å²) >= 11 is 0. The van der Waals surface area contributed by atoms with E-state index in [9.17, 15) is 14.9 Å². The number of rotatable bonds is 6. The van der Waals surface area contributed by atoms with Gasteiger partial charge in [0, 0.05) is 25.5 Å². The van der Waals surface area contributed by atoms with Crippen LogP contribution in [0.3, 0.4) is 0 Å². The minimum absolute atomic E-state index is 0.0222. The van der Waals surface area contributed by atoms with Gasteiger partial charge in [-0.05, 0) is 31.3 Å². The number of hydrogen-bond acceptors (Lipinski definition) is 5. The van der Waals surface area contributed by atoms with Crippen molar-refractivity contribution in [1.82, 2.24) is 5.32 Å². The first-order chi connectivity index (χ1) is 8.54. The van der Waals surface area contributed by atoms with Crippen molar-refractivity contribution in [2.45, 2.75) is 19.4 Å². The standard InChI is InChI=1S/C12H16N2O4/c1-9(15)18-12(7-8-13-2)10-3-5-11(6-4-10)14(16)17/h3-6,12-13H,7-8H2,1-2H3/t12-/m0/s1. The van der Waals surface area contributed by atoms with Gasteiger partial charge in [0.05, 0.1) is 4.92 Å². The third-order valence-corrected chi connectivity index (χ3v) is 2.44. The highest BCUT2D eigenvalue weighted by atomic mass is 16.6. The van der Waals surface area contributed by atoms with Gasteiger partial charge in [-0.3, -0.25) is 14.9 Å². The Morgan fingerprint density at radius 1 is 1.44 bits per heavy atom. The Bertz CT molecular complexity index is 417. The van der Waals surface area contributed by atoms with Crippen molar-refractivity contribution in [3.8, 4) is 0 Å². The number of esters is 1. The van der Waals surface area contributed by atoms with E-state index in [0.29, 0.717) is 13.0 Å². The Morgan fingerprint density at radius 3 is 2.50 bits per heavy atom. The highest BCUT2D eigenvalue weighted by Crippen LogP contribution is 2.23. The Hall–Kier alpha value is -1.95. The molecule has 0 saturated heterocycles. The molecule has 0 aliphatic rings. The van der Waals surface area contributed by atoms with Crippen LogP contribution in [0, 0.1) is 10.1 Å². The van der Waals surface area contributed by atoms with Crippen LogP contribution in [0.15, 0.2) is 24.3 Å². The second-order valence-electron chi connectivity index (χ2n) is 3.84. The largest absolute Gasteiger partial charge is 0.458 e. The van der Waals surface area contributed by atoms with E-state index in [1.54, 1.807) is 19.2 Å². The molecule has 6 heteroatoms. The lowest BCUT2D eigenvalue weighted by Gasteiger charge is -2.17. The molecule has 0 saturated carbocycles. The van der Waals surface area contributed by atoms with Gasteiger partial charge in [0.25, 0.3) is 5.69 Å². The third kappa shape index (κ3) is 4.14. The molecule has 0 aliphatic heterocycles. The van der Waals surface area contributed by atoms with Crippen molar-refractivity contribution in [2.24, 2.45) is 0 Å². The first-order valence-electron chi connectivity index (χ1n) is 5.60. The van der Waals surface area contributed by atoms with Gasteiger partial charge in [-0.2, -0.15) is 0 Å². The molecule has 0 unspecified atom stereocenters. The van der Waals surface area contributed by atoms with Crippen LogP contribution in [0.2, 0.25) is 0 Å². The van der Waals surface area contributed by atoms with Gasteiger partial charge in [-0.15, -0.1) is 0 Å². The fourth-order valence-corrected chi connectivity index (χ4v) is 1.58. The van der Waals surface area contributed by atoms with Crippen molar-refractivity contribution >= 4 is 11.7 Å². The number of benzene rings is 1. The summed E-state index contributed by atoms with van der Waals surface area (Å²) in [5.74, 6) is -0.366. The zero-order valence-electron chi connectivity index (χ0n) is 10.4. The molecule has 0 fully saturated rings. The second-order valence-corrected chi connectivity index (χ2v) is 3.84. The molecule has 0 heterocycles. The Kier molecular flexibility index (Phi) is 5.26. The summed E-state index contributed by atoms with van der Waals surface area (Å²) in [6.45, 7) is 2.03. The van der Waals surface area contributed by atoms with Crippen LogP contribution < -0.4 is 5.32 Å². The molecule has 6 nitrogen and oxygen atoms in total. The van der Waals surface area contributed by atoms with E-state index >= 15 is 0 Å². The van der Waals surface area contributed by atoms with E-state index in [4.69, 9.17) is 4.74 Å². The van der Waals surface area contributed by atoms with E-state index < -0.39 is 4.92 Å². The average molecular weight is 252 g/mol. The zero-order chi connectivity index (χ0) is 13.5. The van der Waals surface area contributed by atoms with Crippen LogP contribution >= 0.6 is 0 Å². The Morgan fingerprint density at radius 2 is 2.06 bits per heavy atom. The third-order valence-electron chi connectivity index (χ3n) is 2.44. The van der Waals surface area contributed by atoms with E-state index in [1.165, 1.54) is 19.1 Å². The predicted octanol–water partition coefficient (Wildman–Crippen LogP) is 1.81. The molecule has 18 heavy (non-hydrogen) atoms. The lowest BCUT2D eigenvalue weighted by molar-refractivity contribution is -0.384. The lowest BCUT2D eigenvalue weighted by Crippen LogP contribution is -2.16. The lowest BCUT2D eigenvalue weighted by atomic mass is 10.1. The zero-order valence-corrected chi connectivity index (χ0v) is 10.4. The average Bonchev–Trinajstić information content (AvgIpc) is 2.34. The molecular weight excluding hydrogens is 236 g/mol. The molecule has 0 aliphatic carbocycles. The van der Waals surface area contributed by atoms with Crippen molar-refractivity contribution in [2.75, 3.05) is 13.6 Å². The molecular formula is C12H16N2O4. The van der Waals surface area contributed by atoms with Gasteiger partial charge < -0.3 is 10.1 Å². The fraction of sp³-hybridized carbons (Fsp3) is 0.417. The molecule has 0 bridgehead atoms. The van der Waals surface area contributed by atoms with E-state index in [2.05, 4.69) is 5.32 Å². The van der Waals surface area contributed by atoms with Crippen molar-refractivity contribution in [1.29, 1.82) is 0 Å². The molecule has 1 N–H and O–H groups in total. The first-order valence-corrected chi connectivity index (χ1v) is 5.60. The van der Waals surface area contributed by atoms with Crippen LogP contribution in [0.1, 0.15) is 25.0 Å². The number of nitro groups is 1. The molecule has 0 aromatic heterocycles. The van der Waals surface area contributed by atoms with Crippen molar-refractivity contribution < 1.29 is 14.5 Å². The highest BCUT2D eigenvalue weighted by Gasteiger charge is 2.15.